The van der Waals surface area contributed by atoms with Gasteiger partial charge in [-0.05, 0) is 43.9 Å². The number of thioether (sulfide) groups is 1. The Kier molecular flexibility index (Phi) is 7.89. The van der Waals surface area contributed by atoms with E-state index in [1.807, 2.05) is 30.9 Å². The van der Waals surface area contributed by atoms with Crippen LogP contribution in [0.3, 0.4) is 0 Å². The van der Waals surface area contributed by atoms with Gasteiger partial charge in [-0.3, -0.25) is 9.69 Å². The third-order valence-corrected chi connectivity index (χ3v) is 5.77. The lowest BCUT2D eigenvalue weighted by Crippen LogP contribution is -2.52. The molecule has 1 aromatic carbocycles. The zero-order valence-electron chi connectivity index (χ0n) is 17.6. The number of amides is 1. The van der Waals surface area contributed by atoms with Gasteiger partial charge < -0.3 is 10.2 Å². The second-order valence-corrected chi connectivity index (χ2v) is 8.53. The minimum Gasteiger partial charge on any atom is -0.342 e. The van der Waals surface area contributed by atoms with E-state index in [0.29, 0.717) is 5.95 Å². The summed E-state index contributed by atoms with van der Waals surface area (Å²) < 4.78 is 0. The number of nitrogens with zero attached hydrogens (tertiary/aromatic N) is 4. The normalized spacial score (nSPS) is 15.9. The first-order valence-corrected chi connectivity index (χ1v) is 11.6. The molecular weight excluding hydrogens is 382 g/mol. The van der Waals surface area contributed by atoms with Gasteiger partial charge in [-0.25, -0.2) is 9.97 Å². The van der Waals surface area contributed by atoms with Gasteiger partial charge in [-0.15, -0.1) is 0 Å². The molecule has 0 aliphatic carbocycles. The Morgan fingerprint density at radius 1 is 1.10 bits per heavy atom. The van der Waals surface area contributed by atoms with Crippen molar-refractivity contribution < 1.29 is 4.79 Å². The van der Waals surface area contributed by atoms with E-state index in [0.717, 1.165) is 56.3 Å². The summed E-state index contributed by atoms with van der Waals surface area (Å²) in [5, 5.41) is 3.30. The van der Waals surface area contributed by atoms with Crippen molar-refractivity contribution in [3.63, 3.8) is 0 Å². The fraction of sp³-hybridized carbons (Fsp3) is 0.500. The molecule has 1 aliphatic heterocycles. The molecule has 0 bridgehead atoms. The monoisotopic (exact) mass is 413 g/mol. The molecule has 1 aliphatic rings. The Balaban J connectivity index is 1.59. The number of carbonyl (C=O) groups excluding carboxylic acids is 1. The molecule has 1 N–H and O–H groups in total. The van der Waals surface area contributed by atoms with Crippen LogP contribution in [0, 0.1) is 13.8 Å². The highest BCUT2D eigenvalue weighted by Gasteiger charge is 2.28. The predicted octanol–water partition coefficient (Wildman–Crippen LogP) is 2.97. The number of hydrogen-bond donors (Lipinski definition) is 1. The summed E-state index contributed by atoms with van der Waals surface area (Å²) in [5.74, 6) is 1.62. The number of rotatable bonds is 8. The number of carbonyl (C=O) groups is 1. The highest BCUT2D eigenvalue weighted by Crippen LogP contribution is 2.14. The molecule has 29 heavy (non-hydrogen) atoms. The number of piperazine rings is 1. The molecule has 156 valence electrons. The number of hydrogen-bond acceptors (Lipinski definition) is 6. The van der Waals surface area contributed by atoms with Crippen molar-refractivity contribution in [1.82, 2.24) is 19.8 Å². The summed E-state index contributed by atoms with van der Waals surface area (Å²) in [6.07, 6.45) is 2.83. The molecule has 2 aromatic rings. The van der Waals surface area contributed by atoms with E-state index in [2.05, 4.69) is 50.7 Å². The number of benzene rings is 1. The van der Waals surface area contributed by atoms with Gasteiger partial charge in [-0.1, -0.05) is 30.3 Å². The summed E-state index contributed by atoms with van der Waals surface area (Å²) >= 11 is 1.75. The number of anilines is 1. The van der Waals surface area contributed by atoms with E-state index in [-0.39, 0.29) is 11.9 Å². The van der Waals surface area contributed by atoms with Crippen LogP contribution in [0.25, 0.3) is 0 Å². The van der Waals surface area contributed by atoms with Crippen molar-refractivity contribution in [1.29, 1.82) is 0 Å². The van der Waals surface area contributed by atoms with Gasteiger partial charge in [0.25, 0.3) is 0 Å². The molecule has 7 heteroatoms. The first-order valence-electron chi connectivity index (χ1n) is 10.2. The number of aromatic nitrogens is 2. The van der Waals surface area contributed by atoms with Gasteiger partial charge in [0, 0.05) is 44.1 Å². The van der Waals surface area contributed by atoms with Gasteiger partial charge in [0.2, 0.25) is 11.9 Å². The van der Waals surface area contributed by atoms with Crippen molar-refractivity contribution in [3.8, 4) is 0 Å². The van der Waals surface area contributed by atoms with Crippen LogP contribution in [0.1, 0.15) is 23.4 Å². The summed E-state index contributed by atoms with van der Waals surface area (Å²) in [7, 11) is 0. The Morgan fingerprint density at radius 3 is 2.38 bits per heavy atom. The van der Waals surface area contributed by atoms with Gasteiger partial charge in [-0.2, -0.15) is 11.8 Å². The lowest BCUT2D eigenvalue weighted by Gasteiger charge is -2.36. The second-order valence-electron chi connectivity index (χ2n) is 7.54. The summed E-state index contributed by atoms with van der Waals surface area (Å²) in [6.45, 7) is 8.15. The molecular formula is C22H31N5OS. The van der Waals surface area contributed by atoms with E-state index in [1.54, 1.807) is 11.8 Å². The van der Waals surface area contributed by atoms with Crippen molar-refractivity contribution >= 4 is 23.6 Å². The lowest BCUT2D eigenvalue weighted by molar-refractivity contribution is -0.133. The highest BCUT2D eigenvalue weighted by atomic mass is 32.2. The Morgan fingerprint density at radius 2 is 1.76 bits per heavy atom. The first-order chi connectivity index (χ1) is 14.0. The average molecular weight is 414 g/mol. The second kappa shape index (κ2) is 10.6. The lowest BCUT2D eigenvalue weighted by atomic mass is 10.1. The zero-order chi connectivity index (χ0) is 20.6. The van der Waals surface area contributed by atoms with Crippen LogP contribution in [0.2, 0.25) is 0 Å². The minimum atomic E-state index is -0.288. The molecule has 6 nitrogen and oxygen atoms in total. The maximum atomic E-state index is 13.2. The van der Waals surface area contributed by atoms with Crippen molar-refractivity contribution in [2.24, 2.45) is 0 Å². The number of nitrogens with one attached hydrogen (secondary N) is 1. The van der Waals surface area contributed by atoms with Crippen LogP contribution in [0.15, 0.2) is 36.4 Å². The first kappa shape index (κ1) is 21.6. The molecule has 1 amide bonds. The van der Waals surface area contributed by atoms with Crippen LogP contribution in [-0.4, -0.2) is 69.9 Å². The van der Waals surface area contributed by atoms with Crippen molar-refractivity contribution in [3.05, 3.63) is 53.3 Å². The molecule has 0 unspecified atom stereocenters. The molecule has 3 rings (SSSR count). The van der Waals surface area contributed by atoms with Crippen LogP contribution >= 0.6 is 11.8 Å². The summed E-state index contributed by atoms with van der Waals surface area (Å²) in [6, 6.07) is 12.2. The molecule has 0 saturated carbocycles. The topological polar surface area (TPSA) is 61.4 Å². The van der Waals surface area contributed by atoms with Crippen molar-refractivity contribution in [2.45, 2.75) is 32.9 Å². The van der Waals surface area contributed by atoms with E-state index in [4.69, 9.17) is 0 Å². The van der Waals surface area contributed by atoms with E-state index >= 15 is 0 Å². The largest absolute Gasteiger partial charge is 0.342 e. The van der Waals surface area contributed by atoms with Gasteiger partial charge >= 0.3 is 0 Å². The standard InChI is InChI=1S/C22H31N5OS/c1-17-15-18(2)24-22(23-17)25-20(9-14-29-3)21(28)27-12-10-26(11-13-27)16-19-7-5-4-6-8-19/h4-8,15,20H,9-14,16H2,1-3H3,(H,23,24,25)/t20-/m0/s1. The molecule has 1 atom stereocenters. The predicted molar refractivity (Wildman–Crippen MR) is 120 cm³/mol. The van der Waals surface area contributed by atoms with Crippen molar-refractivity contribution in [2.75, 3.05) is 43.5 Å². The number of aryl methyl sites for hydroxylation is 2. The molecule has 1 fully saturated rings. The highest BCUT2D eigenvalue weighted by molar-refractivity contribution is 7.98. The average Bonchev–Trinajstić information content (AvgIpc) is 2.71. The third-order valence-electron chi connectivity index (χ3n) is 5.13. The molecule has 0 radical (unpaired) electrons. The van der Waals surface area contributed by atoms with Crippen LogP contribution < -0.4 is 5.32 Å². The summed E-state index contributed by atoms with van der Waals surface area (Å²) in [4.78, 5) is 26.5. The minimum absolute atomic E-state index is 0.154. The maximum absolute atomic E-state index is 13.2. The van der Waals surface area contributed by atoms with E-state index in [1.165, 1.54) is 5.56 Å². The molecule has 2 heterocycles. The molecule has 1 aromatic heterocycles. The molecule has 1 saturated heterocycles. The third kappa shape index (κ3) is 6.44. The SMILES string of the molecule is CSCC[C@H](Nc1nc(C)cc(C)n1)C(=O)N1CCN(Cc2ccccc2)CC1. The fourth-order valence-corrected chi connectivity index (χ4v) is 4.10. The Bertz CT molecular complexity index is 773. The summed E-state index contributed by atoms with van der Waals surface area (Å²) in [5.41, 5.74) is 3.13. The molecule has 0 spiro atoms. The smallest absolute Gasteiger partial charge is 0.245 e. The fourth-order valence-electron chi connectivity index (χ4n) is 3.63. The van der Waals surface area contributed by atoms with Crippen LogP contribution in [0.4, 0.5) is 5.95 Å². The maximum Gasteiger partial charge on any atom is 0.245 e. The van der Waals surface area contributed by atoms with Crippen LogP contribution in [-0.2, 0) is 11.3 Å². The van der Waals surface area contributed by atoms with Gasteiger partial charge in [0.05, 0.1) is 0 Å². The van der Waals surface area contributed by atoms with E-state index < -0.39 is 0 Å². The zero-order valence-corrected chi connectivity index (χ0v) is 18.4. The van der Waals surface area contributed by atoms with E-state index in [9.17, 15) is 4.79 Å². The van der Waals surface area contributed by atoms with Crippen LogP contribution in [0.5, 0.6) is 0 Å². The Hall–Kier alpha value is -2.12. The van der Waals surface area contributed by atoms with Gasteiger partial charge in [0.15, 0.2) is 0 Å². The quantitative estimate of drug-likeness (QED) is 0.718. The van der Waals surface area contributed by atoms with Gasteiger partial charge in [0.1, 0.15) is 6.04 Å². The Labute approximate surface area is 178 Å².